The van der Waals surface area contributed by atoms with Crippen molar-refractivity contribution in [2.24, 2.45) is 5.84 Å². The summed E-state index contributed by atoms with van der Waals surface area (Å²) in [6, 6.07) is 11.6. The summed E-state index contributed by atoms with van der Waals surface area (Å²) in [6.45, 7) is 5.48. The van der Waals surface area contributed by atoms with Gasteiger partial charge in [0.05, 0.1) is 10.6 Å². The number of ether oxygens (including phenoxy) is 1. The molecule has 0 heterocycles. The van der Waals surface area contributed by atoms with Gasteiger partial charge in [0.15, 0.2) is 9.84 Å². The number of hydrazine groups is 1. The third-order valence-electron chi connectivity index (χ3n) is 3.53. The molecule has 2 aromatic rings. The fourth-order valence-corrected chi connectivity index (χ4v) is 2.90. The second kappa shape index (κ2) is 7.99. The van der Waals surface area contributed by atoms with Crippen molar-refractivity contribution in [3.63, 3.8) is 0 Å². The van der Waals surface area contributed by atoms with E-state index in [1.165, 1.54) is 48.5 Å². The van der Waals surface area contributed by atoms with E-state index in [0.29, 0.717) is 5.69 Å². The van der Waals surface area contributed by atoms with Gasteiger partial charge in [-0.3, -0.25) is 4.79 Å². The second-order valence-electron chi connectivity index (χ2n) is 7.23. The van der Waals surface area contributed by atoms with Crippen molar-refractivity contribution >= 4 is 27.5 Å². The van der Waals surface area contributed by atoms with Crippen molar-refractivity contribution in [3.8, 4) is 5.75 Å². The summed E-state index contributed by atoms with van der Waals surface area (Å²) in [5.41, 5.74) is 0.0477. The Morgan fingerprint density at radius 3 is 2.21 bits per heavy atom. The van der Waals surface area contributed by atoms with Crippen molar-refractivity contribution in [3.05, 3.63) is 54.1 Å². The van der Waals surface area contributed by atoms with Crippen LogP contribution in [0.25, 0.3) is 0 Å². The molecule has 2 rings (SSSR count). The standard InChI is InChI=1S/C19H23N3O5S/c1-19(2,3)21-18(24)27-15-10-8-14(9-11-15)22(20)17(23)13-6-5-7-16(12-13)28(4,25)26/h5-12H,20H2,1-4H3,(H,21,24). The quantitative estimate of drug-likeness (QED) is 0.458. The van der Waals surface area contributed by atoms with Gasteiger partial charge in [-0.1, -0.05) is 6.07 Å². The predicted molar refractivity (Wildman–Crippen MR) is 106 cm³/mol. The average molecular weight is 405 g/mol. The lowest BCUT2D eigenvalue weighted by Crippen LogP contribution is -2.42. The van der Waals surface area contributed by atoms with Crippen LogP contribution in [0.5, 0.6) is 5.75 Å². The molecule has 8 nitrogen and oxygen atoms in total. The fourth-order valence-electron chi connectivity index (χ4n) is 2.23. The van der Waals surface area contributed by atoms with E-state index < -0.39 is 27.4 Å². The highest BCUT2D eigenvalue weighted by atomic mass is 32.2. The van der Waals surface area contributed by atoms with E-state index in [-0.39, 0.29) is 16.2 Å². The molecule has 0 aromatic heterocycles. The molecule has 0 radical (unpaired) electrons. The molecule has 2 aromatic carbocycles. The van der Waals surface area contributed by atoms with Crippen LogP contribution in [-0.2, 0) is 9.84 Å². The van der Waals surface area contributed by atoms with Crippen molar-refractivity contribution < 1.29 is 22.7 Å². The number of anilines is 1. The minimum Gasteiger partial charge on any atom is -0.410 e. The van der Waals surface area contributed by atoms with Gasteiger partial charge in [0, 0.05) is 17.4 Å². The highest BCUT2D eigenvalue weighted by Gasteiger charge is 2.18. The molecule has 0 saturated carbocycles. The molecule has 3 N–H and O–H groups in total. The number of benzene rings is 2. The molecular formula is C19H23N3O5S. The SMILES string of the molecule is CC(C)(C)NC(=O)Oc1ccc(N(N)C(=O)c2cccc(S(C)(=O)=O)c2)cc1. The van der Waals surface area contributed by atoms with Gasteiger partial charge in [-0.25, -0.2) is 24.1 Å². The normalized spacial score (nSPS) is 11.6. The van der Waals surface area contributed by atoms with Crippen LogP contribution in [0.1, 0.15) is 31.1 Å². The maximum Gasteiger partial charge on any atom is 0.413 e. The summed E-state index contributed by atoms with van der Waals surface area (Å²) >= 11 is 0. The van der Waals surface area contributed by atoms with Crippen LogP contribution in [0.3, 0.4) is 0 Å². The van der Waals surface area contributed by atoms with Gasteiger partial charge in [-0.2, -0.15) is 0 Å². The van der Waals surface area contributed by atoms with Crippen LogP contribution < -0.4 is 20.9 Å². The number of carbonyl (C=O) groups is 2. The van der Waals surface area contributed by atoms with E-state index in [9.17, 15) is 18.0 Å². The lowest BCUT2D eigenvalue weighted by Gasteiger charge is -2.20. The molecule has 0 fully saturated rings. The predicted octanol–water partition coefficient (Wildman–Crippen LogP) is 2.50. The number of sulfone groups is 1. The lowest BCUT2D eigenvalue weighted by atomic mass is 10.1. The molecule has 0 aliphatic heterocycles. The Bertz CT molecular complexity index is 979. The highest BCUT2D eigenvalue weighted by Crippen LogP contribution is 2.20. The zero-order chi connectivity index (χ0) is 21.1. The van der Waals surface area contributed by atoms with E-state index in [2.05, 4.69) is 5.32 Å². The maximum atomic E-state index is 12.6. The van der Waals surface area contributed by atoms with E-state index in [4.69, 9.17) is 10.6 Å². The minimum absolute atomic E-state index is 0.0281. The Balaban J connectivity index is 2.13. The Morgan fingerprint density at radius 2 is 1.68 bits per heavy atom. The van der Waals surface area contributed by atoms with Gasteiger partial charge in [0.25, 0.3) is 5.91 Å². The van der Waals surface area contributed by atoms with E-state index in [1.54, 1.807) is 0 Å². The smallest absolute Gasteiger partial charge is 0.410 e. The molecule has 0 atom stereocenters. The summed E-state index contributed by atoms with van der Waals surface area (Å²) < 4.78 is 28.5. The number of hydrogen-bond acceptors (Lipinski definition) is 6. The summed E-state index contributed by atoms with van der Waals surface area (Å²) in [4.78, 5) is 24.4. The highest BCUT2D eigenvalue weighted by molar-refractivity contribution is 7.90. The lowest BCUT2D eigenvalue weighted by molar-refractivity contribution is 0.0986. The molecule has 150 valence electrons. The topological polar surface area (TPSA) is 119 Å². The van der Waals surface area contributed by atoms with E-state index in [0.717, 1.165) is 11.3 Å². The maximum absolute atomic E-state index is 12.6. The second-order valence-corrected chi connectivity index (χ2v) is 9.25. The molecule has 9 heteroatoms. The molecule has 0 saturated heterocycles. The fraction of sp³-hybridized carbons (Fsp3) is 0.263. The minimum atomic E-state index is -3.45. The van der Waals surface area contributed by atoms with Crippen molar-refractivity contribution in [2.45, 2.75) is 31.2 Å². The van der Waals surface area contributed by atoms with Crippen molar-refractivity contribution in [1.82, 2.24) is 5.32 Å². The Kier molecular flexibility index (Phi) is 6.10. The van der Waals surface area contributed by atoms with E-state index in [1.807, 2.05) is 20.8 Å². The summed E-state index contributed by atoms with van der Waals surface area (Å²) in [5.74, 6) is 5.58. The first-order chi connectivity index (χ1) is 12.9. The molecule has 0 aliphatic rings. The Hall–Kier alpha value is -2.91. The first-order valence-corrected chi connectivity index (χ1v) is 10.3. The zero-order valence-electron chi connectivity index (χ0n) is 16.1. The zero-order valence-corrected chi connectivity index (χ0v) is 16.9. The molecule has 0 unspecified atom stereocenters. The van der Waals surface area contributed by atoms with Crippen LogP contribution in [0.2, 0.25) is 0 Å². The number of nitrogens with one attached hydrogen (secondary N) is 1. The number of amides is 2. The van der Waals surface area contributed by atoms with Crippen LogP contribution in [-0.4, -0.2) is 32.2 Å². The van der Waals surface area contributed by atoms with E-state index >= 15 is 0 Å². The third kappa shape index (κ3) is 5.80. The number of hydrogen-bond donors (Lipinski definition) is 2. The van der Waals surface area contributed by atoms with Gasteiger partial charge in [0.2, 0.25) is 0 Å². The summed E-state index contributed by atoms with van der Waals surface area (Å²) in [7, 11) is -3.45. The average Bonchev–Trinajstić information content (AvgIpc) is 2.59. The molecule has 28 heavy (non-hydrogen) atoms. The van der Waals surface area contributed by atoms with Crippen LogP contribution >= 0.6 is 0 Å². The van der Waals surface area contributed by atoms with Crippen molar-refractivity contribution in [1.29, 1.82) is 0 Å². The van der Waals surface area contributed by atoms with Crippen molar-refractivity contribution in [2.75, 3.05) is 11.3 Å². The Morgan fingerprint density at radius 1 is 1.07 bits per heavy atom. The van der Waals surface area contributed by atoms with Gasteiger partial charge < -0.3 is 10.1 Å². The van der Waals surface area contributed by atoms with Crippen LogP contribution in [0, 0.1) is 0 Å². The van der Waals surface area contributed by atoms with Crippen LogP contribution in [0.15, 0.2) is 53.4 Å². The largest absolute Gasteiger partial charge is 0.413 e. The number of nitrogens with two attached hydrogens (primary N) is 1. The number of rotatable bonds is 4. The first kappa shape index (κ1) is 21.4. The number of nitrogens with zero attached hydrogens (tertiary/aromatic N) is 1. The summed E-state index contributed by atoms with van der Waals surface area (Å²) in [5, 5.41) is 3.55. The third-order valence-corrected chi connectivity index (χ3v) is 4.64. The molecule has 0 aliphatic carbocycles. The Labute approximate surface area is 164 Å². The van der Waals surface area contributed by atoms with Gasteiger partial charge in [-0.15, -0.1) is 0 Å². The monoisotopic (exact) mass is 405 g/mol. The molecular weight excluding hydrogens is 382 g/mol. The number of carbonyl (C=O) groups excluding carboxylic acids is 2. The molecule has 0 bridgehead atoms. The molecule has 0 spiro atoms. The summed E-state index contributed by atoms with van der Waals surface area (Å²) in [6.07, 6.45) is 0.462. The van der Waals surface area contributed by atoms with Gasteiger partial charge in [0.1, 0.15) is 5.75 Å². The first-order valence-electron chi connectivity index (χ1n) is 8.36. The van der Waals surface area contributed by atoms with Gasteiger partial charge >= 0.3 is 6.09 Å². The molecule has 2 amide bonds. The van der Waals surface area contributed by atoms with Gasteiger partial charge in [-0.05, 0) is 63.2 Å². The van der Waals surface area contributed by atoms with Crippen LogP contribution in [0.4, 0.5) is 10.5 Å².